The van der Waals surface area contributed by atoms with Gasteiger partial charge in [-0.15, -0.1) is 0 Å². The second-order valence-corrected chi connectivity index (χ2v) is 6.28. The Kier molecular flexibility index (Phi) is 5.67. The van der Waals surface area contributed by atoms with Gasteiger partial charge < -0.3 is 10.5 Å². The van der Waals surface area contributed by atoms with Gasteiger partial charge in [0.2, 0.25) is 0 Å². The Morgan fingerprint density at radius 1 is 0.815 bits per heavy atom. The molecule has 0 atom stereocenters. The Morgan fingerprint density at radius 3 is 2.04 bits per heavy atom. The molecular formula is C23H21NO3. The van der Waals surface area contributed by atoms with E-state index in [1.165, 1.54) is 0 Å². The van der Waals surface area contributed by atoms with Gasteiger partial charge in [-0.3, -0.25) is 9.59 Å². The minimum Gasteiger partial charge on any atom is -0.457 e. The molecule has 3 rings (SSSR count). The maximum Gasteiger partial charge on any atom is 0.193 e. The highest BCUT2D eigenvalue weighted by atomic mass is 16.5. The third kappa shape index (κ3) is 4.61. The summed E-state index contributed by atoms with van der Waals surface area (Å²) in [7, 11) is 0. The highest BCUT2D eigenvalue weighted by Gasteiger charge is 2.12. The van der Waals surface area contributed by atoms with E-state index in [4.69, 9.17) is 10.5 Å². The first-order valence-electron chi connectivity index (χ1n) is 8.88. The lowest BCUT2D eigenvalue weighted by atomic mass is 9.99. The van der Waals surface area contributed by atoms with Crippen LogP contribution in [0.2, 0.25) is 0 Å². The number of hydrogen-bond donors (Lipinski definition) is 1. The molecule has 0 unspecified atom stereocenters. The number of carbonyl (C=O) groups excluding carboxylic acids is 2. The van der Waals surface area contributed by atoms with Crippen LogP contribution < -0.4 is 10.5 Å². The number of Topliss-reactive ketones (excluding diaryl/α,β-unsaturated/α-hetero) is 1. The van der Waals surface area contributed by atoms with Crippen LogP contribution in [0.4, 0.5) is 5.69 Å². The van der Waals surface area contributed by atoms with Crippen molar-refractivity contribution in [2.75, 3.05) is 5.73 Å². The predicted octanol–water partition coefficient (Wildman–Crippen LogP) is 5.27. The molecule has 4 heteroatoms. The highest BCUT2D eigenvalue weighted by Crippen LogP contribution is 2.23. The van der Waals surface area contributed by atoms with Crippen molar-refractivity contribution in [1.29, 1.82) is 0 Å². The van der Waals surface area contributed by atoms with Gasteiger partial charge in [-0.2, -0.15) is 0 Å². The number of carbonyl (C=O) groups is 2. The Morgan fingerprint density at radius 2 is 1.41 bits per heavy atom. The van der Waals surface area contributed by atoms with Gasteiger partial charge in [0.25, 0.3) is 0 Å². The number of nitrogen functional groups attached to an aromatic ring is 1. The van der Waals surface area contributed by atoms with Crippen LogP contribution in [0.25, 0.3) is 0 Å². The van der Waals surface area contributed by atoms with Gasteiger partial charge in [-0.05, 0) is 61.0 Å². The van der Waals surface area contributed by atoms with Crippen LogP contribution in [-0.4, -0.2) is 11.6 Å². The third-order valence-corrected chi connectivity index (χ3v) is 4.16. The first-order valence-corrected chi connectivity index (χ1v) is 8.88. The van der Waals surface area contributed by atoms with Gasteiger partial charge in [-0.25, -0.2) is 0 Å². The SMILES string of the molecule is CCCC(=O)c1cccc(C(=O)c2ccc(Oc3ccc(N)cc3)cc2)c1. The maximum absolute atomic E-state index is 12.7. The molecule has 0 radical (unpaired) electrons. The van der Waals surface area contributed by atoms with E-state index in [1.54, 1.807) is 72.8 Å². The number of benzene rings is 3. The van der Waals surface area contributed by atoms with Crippen molar-refractivity contribution in [2.45, 2.75) is 19.8 Å². The molecule has 0 saturated heterocycles. The number of nitrogens with two attached hydrogens (primary N) is 1. The molecule has 0 aliphatic rings. The van der Waals surface area contributed by atoms with Crippen LogP contribution in [-0.2, 0) is 0 Å². The zero-order valence-corrected chi connectivity index (χ0v) is 15.1. The Hall–Kier alpha value is -3.40. The molecular weight excluding hydrogens is 338 g/mol. The molecule has 0 spiro atoms. The topological polar surface area (TPSA) is 69.4 Å². The number of ether oxygens (including phenoxy) is 1. The predicted molar refractivity (Wildman–Crippen MR) is 106 cm³/mol. The lowest BCUT2D eigenvalue weighted by molar-refractivity contribution is 0.0981. The van der Waals surface area contributed by atoms with Crippen LogP contribution in [0, 0.1) is 0 Å². The van der Waals surface area contributed by atoms with Crippen molar-refractivity contribution >= 4 is 17.3 Å². The molecule has 0 amide bonds. The fourth-order valence-corrected chi connectivity index (χ4v) is 2.72. The van der Waals surface area contributed by atoms with E-state index in [2.05, 4.69) is 0 Å². The number of hydrogen-bond acceptors (Lipinski definition) is 4. The summed E-state index contributed by atoms with van der Waals surface area (Å²) in [5.41, 5.74) is 7.95. The second kappa shape index (κ2) is 8.32. The van der Waals surface area contributed by atoms with Crippen molar-refractivity contribution in [3.05, 3.63) is 89.5 Å². The number of rotatable bonds is 7. The van der Waals surface area contributed by atoms with Gasteiger partial charge in [0.1, 0.15) is 11.5 Å². The molecule has 4 nitrogen and oxygen atoms in total. The van der Waals surface area contributed by atoms with Crippen LogP contribution in [0.3, 0.4) is 0 Å². The minimum atomic E-state index is -0.125. The van der Waals surface area contributed by atoms with Gasteiger partial charge in [0, 0.05) is 28.8 Å². The van der Waals surface area contributed by atoms with Gasteiger partial charge in [-0.1, -0.05) is 25.1 Å². The lowest BCUT2D eigenvalue weighted by Gasteiger charge is -2.08. The third-order valence-electron chi connectivity index (χ3n) is 4.16. The summed E-state index contributed by atoms with van der Waals surface area (Å²) in [6.45, 7) is 1.96. The Balaban J connectivity index is 1.75. The van der Waals surface area contributed by atoms with Crippen LogP contribution in [0.5, 0.6) is 11.5 Å². The standard InChI is InChI=1S/C23H21NO3/c1-2-4-22(25)17-5-3-6-18(15-17)23(26)16-7-11-20(12-8-16)27-21-13-9-19(24)10-14-21/h3,5-15H,2,4,24H2,1H3. The van der Waals surface area contributed by atoms with Gasteiger partial charge in [0.05, 0.1) is 0 Å². The van der Waals surface area contributed by atoms with Crippen molar-refractivity contribution in [3.63, 3.8) is 0 Å². The van der Waals surface area contributed by atoms with Crippen LogP contribution in [0.1, 0.15) is 46.0 Å². The van der Waals surface area contributed by atoms with Crippen molar-refractivity contribution in [2.24, 2.45) is 0 Å². The highest BCUT2D eigenvalue weighted by molar-refractivity contribution is 6.10. The molecule has 2 N–H and O–H groups in total. The molecule has 0 aliphatic carbocycles. The fraction of sp³-hybridized carbons (Fsp3) is 0.130. The monoisotopic (exact) mass is 359 g/mol. The zero-order valence-electron chi connectivity index (χ0n) is 15.1. The van der Waals surface area contributed by atoms with E-state index in [9.17, 15) is 9.59 Å². The van der Waals surface area contributed by atoms with E-state index in [0.29, 0.717) is 40.3 Å². The maximum atomic E-state index is 12.7. The van der Waals surface area contributed by atoms with E-state index in [1.807, 2.05) is 6.92 Å². The summed E-state index contributed by atoms with van der Waals surface area (Å²) >= 11 is 0. The molecule has 0 aromatic heterocycles. The molecule has 3 aromatic carbocycles. The molecule has 0 bridgehead atoms. The largest absolute Gasteiger partial charge is 0.457 e. The summed E-state index contributed by atoms with van der Waals surface area (Å²) in [6, 6.07) is 20.9. The van der Waals surface area contributed by atoms with E-state index in [0.717, 1.165) is 6.42 Å². The Labute approximate surface area is 158 Å². The second-order valence-electron chi connectivity index (χ2n) is 6.28. The Bertz CT molecular complexity index is 944. The fourth-order valence-electron chi connectivity index (χ4n) is 2.72. The molecule has 27 heavy (non-hydrogen) atoms. The van der Waals surface area contributed by atoms with E-state index < -0.39 is 0 Å². The smallest absolute Gasteiger partial charge is 0.193 e. The van der Waals surface area contributed by atoms with Gasteiger partial charge >= 0.3 is 0 Å². The average Bonchev–Trinajstić information content (AvgIpc) is 2.70. The normalized spacial score (nSPS) is 10.4. The first-order chi connectivity index (χ1) is 13.1. The minimum absolute atomic E-state index is 0.0550. The molecule has 0 aliphatic heterocycles. The van der Waals surface area contributed by atoms with E-state index >= 15 is 0 Å². The van der Waals surface area contributed by atoms with Crippen molar-refractivity contribution in [1.82, 2.24) is 0 Å². The summed E-state index contributed by atoms with van der Waals surface area (Å²) in [4.78, 5) is 24.8. The molecule has 0 saturated carbocycles. The quantitative estimate of drug-likeness (QED) is 0.460. The van der Waals surface area contributed by atoms with Crippen molar-refractivity contribution in [3.8, 4) is 11.5 Å². The first kappa shape index (κ1) is 18.4. The molecule has 136 valence electrons. The lowest BCUT2D eigenvalue weighted by Crippen LogP contribution is -2.04. The molecule has 0 fully saturated rings. The zero-order chi connectivity index (χ0) is 19.2. The summed E-state index contributed by atoms with van der Waals surface area (Å²) in [5, 5.41) is 0. The molecule has 3 aromatic rings. The van der Waals surface area contributed by atoms with Crippen LogP contribution >= 0.6 is 0 Å². The number of ketones is 2. The van der Waals surface area contributed by atoms with Gasteiger partial charge in [0.15, 0.2) is 11.6 Å². The summed E-state index contributed by atoms with van der Waals surface area (Å²) < 4.78 is 5.74. The summed E-state index contributed by atoms with van der Waals surface area (Å²) in [5.74, 6) is 1.23. The van der Waals surface area contributed by atoms with Crippen molar-refractivity contribution < 1.29 is 14.3 Å². The van der Waals surface area contributed by atoms with Crippen LogP contribution in [0.15, 0.2) is 72.8 Å². The number of anilines is 1. The van der Waals surface area contributed by atoms with E-state index in [-0.39, 0.29) is 11.6 Å². The average molecular weight is 359 g/mol. The molecule has 0 heterocycles. The summed E-state index contributed by atoms with van der Waals surface area (Å²) in [6.07, 6.45) is 1.27.